The van der Waals surface area contributed by atoms with E-state index in [4.69, 9.17) is 9.15 Å². The van der Waals surface area contributed by atoms with Crippen molar-refractivity contribution in [3.05, 3.63) is 53.8 Å². The maximum absolute atomic E-state index is 12.0. The van der Waals surface area contributed by atoms with Crippen molar-refractivity contribution in [2.75, 3.05) is 14.1 Å². The standard InChI is InChI=1S/C17H20N2O6S/c1-12(18-16(20)13-7-5-4-6-8-13)17(21)24-11-14-9-10-15(25-14)26(22,23)19(2)3/h4-10,12H,11H2,1-3H3,(H,18,20)/t12-/m0/s1. The number of rotatable bonds is 7. The molecule has 1 N–H and O–H groups in total. The number of nitrogens with one attached hydrogen (secondary N) is 1. The van der Waals surface area contributed by atoms with Crippen LogP contribution in [0.25, 0.3) is 0 Å². The van der Waals surface area contributed by atoms with Gasteiger partial charge in [-0.3, -0.25) is 4.79 Å². The van der Waals surface area contributed by atoms with Crippen molar-refractivity contribution in [1.82, 2.24) is 9.62 Å². The second-order valence-corrected chi connectivity index (χ2v) is 7.76. The van der Waals surface area contributed by atoms with E-state index < -0.39 is 27.9 Å². The van der Waals surface area contributed by atoms with Crippen LogP contribution in [0.3, 0.4) is 0 Å². The predicted molar refractivity (Wildman–Crippen MR) is 92.7 cm³/mol. The number of benzene rings is 1. The Labute approximate surface area is 151 Å². The van der Waals surface area contributed by atoms with E-state index in [2.05, 4.69) is 5.32 Å². The lowest BCUT2D eigenvalue weighted by atomic mass is 10.2. The van der Waals surface area contributed by atoms with Gasteiger partial charge in [-0.1, -0.05) is 18.2 Å². The van der Waals surface area contributed by atoms with Crippen molar-refractivity contribution in [1.29, 1.82) is 0 Å². The van der Waals surface area contributed by atoms with Gasteiger partial charge in [-0.05, 0) is 31.2 Å². The van der Waals surface area contributed by atoms with E-state index in [1.54, 1.807) is 30.3 Å². The summed E-state index contributed by atoms with van der Waals surface area (Å²) in [7, 11) is -0.921. The number of nitrogens with zero attached hydrogens (tertiary/aromatic N) is 1. The van der Waals surface area contributed by atoms with Crippen molar-refractivity contribution >= 4 is 21.9 Å². The Kier molecular flexibility index (Phi) is 6.17. The summed E-state index contributed by atoms with van der Waals surface area (Å²) >= 11 is 0. The largest absolute Gasteiger partial charge is 0.456 e. The first-order chi connectivity index (χ1) is 12.2. The Morgan fingerprint density at radius 2 is 1.81 bits per heavy atom. The normalized spacial score (nSPS) is 12.6. The summed E-state index contributed by atoms with van der Waals surface area (Å²) in [6.07, 6.45) is 0. The smallest absolute Gasteiger partial charge is 0.328 e. The van der Waals surface area contributed by atoms with Crippen LogP contribution >= 0.6 is 0 Å². The Morgan fingerprint density at radius 1 is 1.15 bits per heavy atom. The van der Waals surface area contributed by atoms with Crippen molar-refractivity contribution in [2.24, 2.45) is 0 Å². The Bertz CT molecular complexity index is 874. The molecule has 1 atom stereocenters. The first kappa shape index (κ1) is 19.7. The maximum Gasteiger partial charge on any atom is 0.328 e. The number of ether oxygens (including phenoxy) is 1. The first-order valence-corrected chi connectivity index (χ1v) is 9.19. The Balaban J connectivity index is 1.90. The van der Waals surface area contributed by atoms with Crippen LogP contribution in [0.2, 0.25) is 0 Å². The maximum atomic E-state index is 12.0. The molecule has 2 aromatic rings. The zero-order valence-corrected chi connectivity index (χ0v) is 15.4. The summed E-state index contributed by atoms with van der Waals surface area (Å²) in [4.78, 5) is 24.0. The minimum atomic E-state index is -3.69. The third-order valence-corrected chi connectivity index (χ3v) is 5.16. The van der Waals surface area contributed by atoms with E-state index in [-0.39, 0.29) is 17.5 Å². The molecule has 0 unspecified atom stereocenters. The van der Waals surface area contributed by atoms with Gasteiger partial charge >= 0.3 is 5.97 Å². The second kappa shape index (κ2) is 8.15. The van der Waals surface area contributed by atoms with E-state index >= 15 is 0 Å². The molecule has 26 heavy (non-hydrogen) atoms. The molecule has 0 saturated carbocycles. The third kappa shape index (κ3) is 4.70. The van der Waals surface area contributed by atoms with E-state index in [1.165, 1.54) is 33.2 Å². The van der Waals surface area contributed by atoms with Crippen LogP contribution in [0.4, 0.5) is 0 Å². The highest BCUT2D eigenvalue weighted by atomic mass is 32.2. The molecule has 140 valence electrons. The minimum absolute atomic E-state index is 0.181. The molecule has 2 rings (SSSR count). The van der Waals surface area contributed by atoms with Gasteiger partial charge in [-0.15, -0.1) is 0 Å². The quantitative estimate of drug-likeness (QED) is 0.728. The molecule has 1 aromatic carbocycles. The fourth-order valence-electron chi connectivity index (χ4n) is 1.95. The zero-order valence-electron chi connectivity index (χ0n) is 14.6. The minimum Gasteiger partial charge on any atom is -0.456 e. The van der Waals surface area contributed by atoms with Crippen molar-refractivity contribution in [2.45, 2.75) is 24.7 Å². The molecule has 0 aliphatic carbocycles. The Morgan fingerprint density at radius 3 is 2.42 bits per heavy atom. The fraction of sp³-hybridized carbons (Fsp3) is 0.294. The molecular formula is C17H20N2O6S. The molecule has 0 aliphatic rings. The fourth-order valence-corrected chi connectivity index (χ4v) is 2.76. The van der Waals surface area contributed by atoms with Crippen LogP contribution in [0.5, 0.6) is 0 Å². The van der Waals surface area contributed by atoms with Gasteiger partial charge in [0, 0.05) is 19.7 Å². The van der Waals surface area contributed by atoms with Crippen LogP contribution < -0.4 is 5.32 Å². The van der Waals surface area contributed by atoms with Gasteiger partial charge in [0.25, 0.3) is 15.9 Å². The number of sulfonamides is 1. The van der Waals surface area contributed by atoms with Crippen LogP contribution in [0, 0.1) is 0 Å². The molecule has 0 spiro atoms. The molecule has 1 aromatic heterocycles. The van der Waals surface area contributed by atoms with Crippen LogP contribution in [0.1, 0.15) is 23.0 Å². The second-order valence-electron chi connectivity index (χ2n) is 5.68. The molecule has 8 nitrogen and oxygen atoms in total. The number of hydrogen-bond acceptors (Lipinski definition) is 6. The summed E-state index contributed by atoms with van der Waals surface area (Å²) in [6, 6.07) is 10.3. The lowest BCUT2D eigenvalue weighted by molar-refractivity contribution is -0.147. The molecule has 9 heteroatoms. The topological polar surface area (TPSA) is 106 Å². The number of hydrogen-bond donors (Lipinski definition) is 1. The highest BCUT2D eigenvalue weighted by molar-refractivity contribution is 7.88. The van der Waals surface area contributed by atoms with Gasteiger partial charge in [-0.2, -0.15) is 0 Å². The number of amides is 1. The summed E-state index contributed by atoms with van der Waals surface area (Å²) in [5, 5.41) is 2.29. The average Bonchev–Trinajstić information content (AvgIpc) is 3.10. The van der Waals surface area contributed by atoms with Crippen LogP contribution in [-0.2, 0) is 26.2 Å². The molecule has 0 bridgehead atoms. The van der Waals surface area contributed by atoms with E-state index in [0.717, 1.165) is 4.31 Å². The van der Waals surface area contributed by atoms with Crippen LogP contribution in [0.15, 0.2) is 52.0 Å². The van der Waals surface area contributed by atoms with E-state index in [0.29, 0.717) is 5.56 Å². The molecular weight excluding hydrogens is 360 g/mol. The lowest BCUT2D eigenvalue weighted by Crippen LogP contribution is -2.39. The number of furan rings is 1. The summed E-state index contributed by atoms with van der Waals surface area (Å²) < 4.78 is 35.1. The summed E-state index contributed by atoms with van der Waals surface area (Å²) in [5.41, 5.74) is 0.428. The van der Waals surface area contributed by atoms with Gasteiger partial charge in [-0.25, -0.2) is 17.5 Å². The van der Waals surface area contributed by atoms with Crippen molar-refractivity contribution in [3.8, 4) is 0 Å². The third-order valence-electron chi connectivity index (χ3n) is 3.47. The van der Waals surface area contributed by atoms with E-state index in [1.807, 2.05) is 0 Å². The number of esters is 1. The van der Waals surface area contributed by atoms with Crippen molar-refractivity contribution < 1.29 is 27.2 Å². The monoisotopic (exact) mass is 380 g/mol. The van der Waals surface area contributed by atoms with Crippen LogP contribution in [-0.4, -0.2) is 44.7 Å². The predicted octanol–water partition coefficient (Wildman–Crippen LogP) is 1.39. The van der Waals surface area contributed by atoms with E-state index in [9.17, 15) is 18.0 Å². The molecule has 0 radical (unpaired) electrons. The first-order valence-electron chi connectivity index (χ1n) is 7.75. The number of carbonyl (C=O) groups excluding carboxylic acids is 2. The molecule has 0 fully saturated rings. The molecule has 0 aliphatic heterocycles. The average molecular weight is 380 g/mol. The Hall–Kier alpha value is -2.65. The van der Waals surface area contributed by atoms with Gasteiger partial charge in [0.2, 0.25) is 5.09 Å². The molecule has 1 heterocycles. The van der Waals surface area contributed by atoms with Gasteiger partial charge in [0.05, 0.1) is 0 Å². The highest BCUT2D eigenvalue weighted by Gasteiger charge is 2.23. The summed E-state index contributed by atoms with van der Waals surface area (Å²) in [5.74, 6) is -0.879. The van der Waals surface area contributed by atoms with Gasteiger partial charge in [0.15, 0.2) is 0 Å². The summed E-state index contributed by atoms with van der Waals surface area (Å²) in [6.45, 7) is 1.25. The highest BCUT2D eigenvalue weighted by Crippen LogP contribution is 2.17. The van der Waals surface area contributed by atoms with Gasteiger partial charge in [0.1, 0.15) is 18.4 Å². The SMILES string of the molecule is C[C@H](NC(=O)c1ccccc1)C(=O)OCc1ccc(S(=O)(=O)N(C)C)o1. The van der Waals surface area contributed by atoms with Crippen molar-refractivity contribution in [3.63, 3.8) is 0 Å². The molecule has 0 saturated heterocycles. The number of carbonyl (C=O) groups is 2. The zero-order chi connectivity index (χ0) is 19.3. The molecule has 1 amide bonds. The van der Waals surface area contributed by atoms with Gasteiger partial charge < -0.3 is 14.5 Å². The lowest BCUT2D eigenvalue weighted by Gasteiger charge is -2.13.